The highest BCUT2D eigenvalue weighted by molar-refractivity contribution is 5.79. The lowest BCUT2D eigenvalue weighted by atomic mass is 9.96. The van der Waals surface area contributed by atoms with Gasteiger partial charge in [-0.1, -0.05) is 0 Å². The van der Waals surface area contributed by atoms with Crippen molar-refractivity contribution in [1.29, 1.82) is 0 Å². The summed E-state index contributed by atoms with van der Waals surface area (Å²) in [4.78, 5) is 29.9. The Morgan fingerprint density at radius 1 is 1.10 bits per heavy atom. The summed E-state index contributed by atoms with van der Waals surface area (Å²) in [6.07, 6.45) is 1.81. The van der Waals surface area contributed by atoms with E-state index in [-0.39, 0.29) is 17.9 Å². The normalized spacial score (nSPS) is 24.6. The van der Waals surface area contributed by atoms with Crippen LogP contribution in [0.15, 0.2) is 0 Å². The number of amides is 2. The van der Waals surface area contributed by atoms with Crippen molar-refractivity contribution in [3.05, 3.63) is 0 Å². The Hall–Kier alpha value is -1.30. The summed E-state index contributed by atoms with van der Waals surface area (Å²) in [5, 5.41) is 0. The molecular weight excluding hydrogens is 258 g/mol. The second kappa shape index (κ2) is 6.92. The van der Waals surface area contributed by atoms with Gasteiger partial charge < -0.3 is 19.4 Å². The fourth-order valence-corrected chi connectivity index (χ4v) is 2.95. The molecule has 6 nitrogen and oxygen atoms in total. The Morgan fingerprint density at radius 2 is 1.75 bits per heavy atom. The van der Waals surface area contributed by atoms with Crippen molar-refractivity contribution in [2.75, 3.05) is 52.9 Å². The smallest absolute Gasteiger partial charge is 0.409 e. The molecular formula is C14H25N3O3. The van der Waals surface area contributed by atoms with Crippen LogP contribution in [0, 0.1) is 5.92 Å². The predicted octanol–water partition coefficient (Wildman–Crippen LogP) is 0.629. The summed E-state index contributed by atoms with van der Waals surface area (Å²) in [5.74, 6) is 0.378. The van der Waals surface area contributed by atoms with E-state index in [4.69, 9.17) is 4.74 Å². The van der Waals surface area contributed by atoms with Gasteiger partial charge >= 0.3 is 6.09 Å². The zero-order valence-corrected chi connectivity index (χ0v) is 12.5. The quantitative estimate of drug-likeness (QED) is 0.746. The third kappa shape index (κ3) is 3.62. The molecule has 2 amide bonds. The molecule has 2 saturated heterocycles. The van der Waals surface area contributed by atoms with Gasteiger partial charge in [-0.15, -0.1) is 0 Å². The minimum Gasteiger partial charge on any atom is -0.450 e. The van der Waals surface area contributed by atoms with Crippen LogP contribution in [0.1, 0.15) is 19.8 Å². The lowest BCUT2D eigenvalue weighted by Gasteiger charge is -2.37. The largest absolute Gasteiger partial charge is 0.450 e. The van der Waals surface area contributed by atoms with Gasteiger partial charge in [-0.25, -0.2) is 4.79 Å². The molecule has 20 heavy (non-hydrogen) atoms. The van der Waals surface area contributed by atoms with Crippen molar-refractivity contribution in [2.24, 2.45) is 5.92 Å². The van der Waals surface area contributed by atoms with Crippen molar-refractivity contribution in [3.63, 3.8) is 0 Å². The van der Waals surface area contributed by atoms with Gasteiger partial charge in [-0.3, -0.25) is 4.79 Å². The number of piperidine rings is 1. The van der Waals surface area contributed by atoms with Crippen molar-refractivity contribution in [3.8, 4) is 0 Å². The summed E-state index contributed by atoms with van der Waals surface area (Å²) in [6.45, 7) is 6.54. The zero-order valence-electron chi connectivity index (χ0n) is 12.5. The van der Waals surface area contributed by atoms with Gasteiger partial charge in [0.25, 0.3) is 0 Å². The van der Waals surface area contributed by atoms with Crippen molar-refractivity contribution < 1.29 is 14.3 Å². The number of carbonyl (C=O) groups is 2. The number of ether oxygens (including phenoxy) is 1. The van der Waals surface area contributed by atoms with Crippen molar-refractivity contribution >= 4 is 12.0 Å². The Bertz CT molecular complexity index is 354. The van der Waals surface area contributed by atoms with Crippen LogP contribution in [0.5, 0.6) is 0 Å². The average Bonchev–Trinajstić information content (AvgIpc) is 2.47. The van der Waals surface area contributed by atoms with Crippen molar-refractivity contribution in [2.45, 2.75) is 19.8 Å². The molecule has 2 aliphatic heterocycles. The van der Waals surface area contributed by atoms with Crippen LogP contribution in [0.4, 0.5) is 4.79 Å². The zero-order chi connectivity index (χ0) is 14.5. The summed E-state index contributed by atoms with van der Waals surface area (Å²) in [7, 11) is 2.07. The third-order valence-electron chi connectivity index (χ3n) is 4.09. The van der Waals surface area contributed by atoms with Gasteiger partial charge in [0.15, 0.2) is 0 Å². The van der Waals surface area contributed by atoms with Crippen LogP contribution in [-0.2, 0) is 9.53 Å². The van der Waals surface area contributed by atoms with Crippen LogP contribution in [0.2, 0.25) is 0 Å². The Balaban J connectivity index is 1.81. The first-order valence-corrected chi connectivity index (χ1v) is 7.51. The highest BCUT2D eigenvalue weighted by atomic mass is 16.6. The molecule has 0 aliphatic carbocycles. The first-order valence-electron chi connectivity index (χ1n) is 7.51. The minimum atomic E-state index is -0.267. The fraction of sp³-hybridized carbons (Fsp3) is 0.857. The summed E-state index contributed by atoms with van der Waals surface area (Å²) in [6, 6.07) is 0. The summed E-state index contributed by atoms with van der Waals surface area (Å²) >= 11 is 0. The lowest BCUT2D eigenvalue weighted by Crippen LogP contribution is -2.53. The molecule has 0 spiro atoms. The van der Waals surface area contributed by atoms with E-state index >= 15 is 0 Å². The first kappa shape index (κ1) is 15.1. The van der Waals surface area contributed by atoms with E-state index in [2.05, 4.69) is 11.9 Å². The monoisotopic (exact) mass is 283 g/mol. The van der Waals surface area contributed by atoms with Crippen LogP contribution in [0.25, 0.3) is 0 Å². The molecule has 0 unspecified atom stereocenters. The van der Waals surface area contributed by atoms with Gasteiger partial charge in [-0.05, 0) is 33.4 Å². The van der Waals surface area contributed by atoms with Gasteiger partial charge in [0, 0.05) is 32.7 Å². The first-order chi connectivity index (χ1) is 9.61. The standard InChI is InChI=1S/C14H25N3O3/c1-3-20-14(19)17-9-7-16(8-10-17)13(18)12-5-4-6-15(2)11-12/h12H,3-11H2,1-2H3/t12-/m1/s1. The second-order valence-electron chi connectivity index (χ2n) is 5.61. The van der Waals surface area contributed by atoms with Gasteiger partial charge in [-0.2, -0.15) is 0 Å². The molecule has 1 atom stereocenters. The molecule has 0 aromatic rings. The Labute approximate surface area is 120 Å². The van der Waals surface area contributed by atoms with Crippen LogP contribution in [0.3, 0.4) is 0 Å². The van der Waals surface area contributed by atoms with Crippen LogP contribution >= 0.6 is 0 Å². The highest BCUT2D eigenvalue weighted by Crippen LogP contribution is 2.18. The molecule has 0 aromatic heterocycles. The summed E-state index contributed by atoms with van der Waals surface area (Å²) in [5.41, 5.74) is 0. The second-order valence-corrected chi connectivity index (χ2v) is 5.61. The number of carbonyl (C=O) groups excluding carboxylic acids is 2. The maximum absolute atomic E-state index is 12.5. The SMILES string of the molecule is CCOC(=O)N1CCN(C(=O)[C@@H]2CCCN(C)C2)CC1. The van der Waals surface area contributed by atoms with Gasteiger partial charge in [0.2, 0.25) is 5.91 Å². The highest BCUT2D eigenvalue weighted by Gasteiger charge is 2.31. The molecule has 2 heterocycles. The lowest BCUT2D eigenvalue weighted by molar-refractivity contribution is -0.138. The number of piperazine rings is 1. The number of rotatable bonds is 2. The molecule has 2 fully saturated rings. The molecule has 0 aromatic carbocycles. The van der Waals surface area contributed by atoms with E-state index in [0.717, 1.165) is 25.9 Å². The molecule has 2 aliphatic rings. The third-order valence-corrected chi connectivity index (χ3v) is 4.09. The Morgan fingerprint density at radius 3 is 2.35 bits per heavy atom. The van der Waals surface area contributed by atoms with Crippen molar-refractivity contribution in [1.82, 2.24) is 14.7 Å². The topological polar surface area (TPSA) is 53.1 Å². The molecule has 0 bridgehead atoms. The van der Waals surface area contributed by atoms with E-state index in [1.54, 1.807) is 11.8 Å². The molecule has 6 heteroatoms. The van der Waals surface area contributed by atoms with E-state index in [1.165, 1.54) is 0 Å². The van der Waals surface area contributed by atoms with Crippen LogP contribution in [-0.4, -0.2) is 79.6 Å². The number of likely N-dealkylation sites (tertiary alicyclic amines) is 1. The fourth-order valence-electron chi connectivity index (χ4n) is 2.95. The maximum atomic E-state index is 12.5. The number of nitrogens with zero attached hydrogens (tertiary/aromatic N) is 3. The minimum absolute atomic E-state index is 0.128. The van der Waals surface area contributed by atoms with Gasteiger partial charge in [0.05, 0.1) is 12.5 Å². The molecule has 114 valence electrons. The molecule has 0 saturated carbocycles. The number of hydrogen-bond donors (Lipinski definition) is 0. The molecule has 0 N–H and O–H groups in total. The van der Waals surface area contributed by atoms with E-state index < -0.39 is 0 Å². The van der Waals surface area contributed by atoms with Gasteiger partial charge in [0.1, 0.15) is 0 Å². The Kier molecular flexibility index (Phi) is 5.23. The number of hydrogen-bond acceptors (Lipinski definition) is 4. The predicted molar refractivity (Wildman–Crippen MR) is 75.4 cm³/mol. The van der Waals surface area contributed by atoms with E-state index in [9.17, 15) is 9.59 Å². The maximum Gasteiger partial charge on any atom is 0.409 e. The summed E-state index contributed by atoms with van der Waals surface area (Å²) < 4.78 is 4.98. The average molecular weight is 283 g/mol. The van der Waals surface area contributed by atoms with E-state index in [1.807, 2.05) is 4.90 Å². The van der Waals surface area contributed by atoms with E-state index in [0.29, 0.717) is 32.8 Å². The molecule has 2 rings (SSSR count). The molecule has 0 radical (unpaired) electrons. The van der Waals surface area contributed by atoms with Crippen LogP contribution < -0.4 is 0 Å².